The Hall–Kier alpha value is -0.970. The Kier molecular flexibility index (Phi) is 5.73. The van der Waals surface area contributed by atoms with E-state index in [-0.39, 0.29) is 17.9 Å². The number of amides is 1. The predicted molar refractivity (Wildman–Crippen MR) is 84.9 cm³/mol. The number of hydrogen-bond donors (Lipinski definition) is 1. The Morgan fingerprint density at radius 1 is 1.48 bits per heavy atom. The van der Waals surface area contributed by atoms with E-state index >= 15 is 0 Å². The van der Waals surface area contributed by atoms with Gasteiger partial charge in [0, 0.05) is 25.1 Å². The zero-order valence-corrected chi connectivity index (χ0v) is 13.5. The smallest absolute Gasteiger partial charge is 0.226 e. The Bertz CT molecular complexity index is 510. The van der Waals surface area contributed by atoms with Crippen molar-refractivity contribution in [2.24, 2.45) is 11.7 Å². The van der Waals surface area contributed by atoms with Crippen molar-refractivity contribution in [3.63, 3.8) is 0 Å². The summed E-state index contributed by atoms with van der Waals surface area (Å²) in [6, 6.07) is 5.20. The summed E-state index contributed by atoms with van der Waals surface area (Å²) in [7, 11) is 0. The minimum atomic E-state index is -0.145. The average molecular weight is 331 g/mol. The fourth-order valence-corrected chi connectivity index (χ4v) is 2.68. The first-order valence-electron chi connectivity index (χ1n) is 7.12. The molecular weight excluding hydrogens is 311 g/mol. The molecule has 1 saturated heterocycles. The van der Waals surface area contributed by atoms with E-state index in [1.54, 1.807) is 18.2 Å². The molecule has 2 rings (SSSR count). The van der Waals surface area contributed by atoms with E-state index in [1.807, 2.05) is 11.8 Å². The standard InChI is InChI=1S/C15H20Cl2N2O2/c1-10(8-18)15(20)19-6-2-3-12(9-19)21-11-4-5-13(16)14(17)7-11/h4-5,7,10,12H,2-3,6,8-9,18H2,1H3. The highest BCUT2D eigenvalue weighted by Gasteiger charge is 2.27. The maximum absolute atomic E-state index is 12.2. The topological polar surface area (TPSA) is 55.6 Å². The Morgan fingerprint density at radius 3 is 2.90 bits per heavy atom. The summed E-state index contributed by atoms with van der Waals surface area (Å²) in [5.74, 6) is 0.629. The quantitative estimate of drug-likeness (QED) is 0.923. The minimum Gasteiger partial charge on any atom is -0.489 e. The Morgan fingerprint density at radius 2 is 2.24 bits per heavy atom. The van der Waals surface area contributed by atoms with Crippen LogP contribution < -0.4 is 10.5 Å². The van der Waals surface area contributed by atoms with Gasteiger partial charge in [0.15, 0.2) is 0 Å². The van der Waals surface area contributed by atoms with E-state index in [2.05, 4.69) is 0 Å². The average Bonchev–Trinajstić information content (AvgIpc) is 2.49. The van der Waals surface area contributed by atoms with Crippen LogP contribution in [0.2, 0.25) is 10.0 Å². The number of nitrogens with two attached hydrogens (primary N) is 1. The maximum Gasteiger partial charge on any atom is 0.226 e. The predicted octanol–water partition coefficient (Wildman–Crippen LogP) is 2.96. The highest BCUT2D eigenvalue weighted by Crippen LogP contribution is 2.28. The van der Waals surface area contributed by atoms with Gasteiger partial charge in [-0.1, -0.05) is 30.1 Å². The normalized spacial score (nSPS) is 20.2. The van der Waals surface area contributed by atoms with E-state index < -0.39 is 0 Å². The number of carbonyl (C=O) groups excluding carboxylic acids is 1. The van der Waals surface area contributed by atoms with E-state index in [0.717, 1.165) is 19.4 Å². The largest absolute Gasteiger partial charge is 0.489 e. The monoisotopic (exact) mass is 330 g/mol. The zero-order valence-electron chi connectivity index (χ0n) is 12.0. The summed E-state index contributed by atoms with van der Waals surface area (Å²) in [6.07, 6.45) is 1.82. The van der Waals surface area contributed by atoms with E-state index in [1.165, 1.54) is 0 Å². The fourth-order valence-electron chi connectivity index (χ4n) is 2.39. The van der Waals surface area contributed by atoms with Crippen molar-refractivity contribution in [1.82, 2.24) is 4.90 Å². The fraction of sp³-hybridized carbons (Fsp3) is 0.533. The number of likely N-dealkylation sites (tertiary alicyclic amines) is 1. The van der Waals surface area contributed by atoms with Crippen LogP contribution in [-0.4, -0.2) is 36.5 Å². The molecule has 0 aromatic heterocycles. The Labute approximate surface area is 135 Å². The van der Waals surface area contributed by atoms with Crippen LogP contribution in [0, 0.1) is 5.92 Å². The molecule has 1 aromatic rings. The van der Waals surface area contributed by atoms with Gasteiger partial charge in [-0.2, -0.15) is 0 Å². The van der Waals surface area contributed by atoms with E-state index in [4.69, 9.17) is 33.7 Å². The molecule has 21 heavy (non-hydrogen) atoms. The maximum atomic E-state index is 12.2. The number of carbonyl (C=O) groups is 1. The highest BCUT2D eigenvalue weighted by molar-refractivity contribution is 6.42. The third-order valence-electron chi connectivity index (χ3n) is 3.66. The molecule has 1 aliphatic rings. The lowest BCUT2D eigenvalue weighted by Crippen LogP contribution is -2.47. The van der Waals surface area contributed by atoms with Crippen LogP contribution >= 0.6 is 23.2 Å². The number of ether oxygens (including phenoxy) is 1. The molecule has 6 heteroatoms. The van der Waals surface area contributed by atoms with Gasteiger partial charge in [0.25, 0.3) is 0 Å². The van der Waals surface area contributed by atoms with Gasteiger partial charge in [0.1, 0.15) is 11.9 Å². The van der Waals surface area contributed by atoms with E-state index in [9.17, 15) is 4.79 Å². The molecule has 0 aliphatic carbocycles. The number of piperidine rings is 1. The third kappa shape index (κ3) is 4.25. The van der Waals surface area contributed by atoms with Crippen molar-refractivity contribution in [2.75, 3.05) is 19.6 Å². The van der Waals surface area contributed by atoms with Gasteiger partial charge in [0.05, 0.1) is 16.6 Å². The van der Waals surface area contributed by atoms with E-state index in [0.29, 0.717) is 28.9 Å². The molecular formula is C15H20Cl2N2O2. The third-order valence-corrected chi connectivity index (χ3v) is 4.40. The zero-order chi connectivity index (χ0) is 15.4. The van der Waals surface area contributed by atoms with Crippen molar-refractivity contribution in [2.45, 2.75) is 25.9 Å². The summed E-state index contributed by atoms with van der Waals surface area (Å²) in [5, 5.41) is 0.968. The second-order valence-corrected chi connectivity index (χ2v) is 6.19. The van der Waals surface area contributed by atoms with Gasteiger partial charge in [-0.15, -0.1) is 0 Å². The molecule has 1 amide bonds. The molecule has 1 heterocycles. The summed E-state index contributed by atoms with van der Waals surface area (Å²) in [6.45, 7) is 3.58. The van der Waals surface area contributed by atoms with Crippen molar-refractivity contribution in [1.29, 1.82) is 0 Å². The van der Waals surface area contributed by atoms with Gasteiger partial charge in [-0.3, -0.25) is 4.79 Å². The van der Waals surface area contributed by atoms with Crippen LogP contribution in [0.25, 0.3) is 0 Å². The van der Waals surface area contributed by atoms with Gasteiger partial charge in [-0.25, -0.2) is 0 Å². The first-order chi connectivity index (χ1) is 10.0. The molecule has 1 aromatic carbocycles. The summed E-state index contributed by atoms with van der Waals surface area (Å²) >= 11 is 11.9. The van der Waals surface area contributed by atoms with Crippen molar-refractivity contribution in [3.8, 4) is 5.75 Å². The van der Waals surface area contributed by atoms with Crippen molar-refractivity contribution in [3.05, 3.63) is 28.2 Å². The lowest BCUT2D eigenvalue weighted by atomic mass is 10.0. The molecule has 116 valence electrons. The summed E-state index contributed by atoms with van der Waals surface area (Å²) in [4.78, 5) is 14.0. The minimum absolute atomic E-state index is 0.0232. The molecule has 2 unspecified atom stereocenters. The van der Waals surface area contributed by atoms with Gasteiger partial charge in [-0.05, 0) is 25.0 Å². The Balaban J connectivity index is 1.97. The van der Waals surface area contributed by atoms with Gasteiger partial charge >= 0.3 is 0 Å². The number of nitrogens with zero attached hydrogens (tertiary/aromatic N) is 1. The molecule has 0 bridgehead atoms. The van der Waals surface area contributed by atoms with Crippen LogP contribution in [0.4, 0.5) is 0 Å². The van der Waals surface area contributed by atoms with Crippen LogP contribution in [0.15, 0.2) is 18.2 Å². The van der Waals surface area contributed by atoms with Crippen LogP contribution in [0.1, 0.15) is 19.8 Å². The van der Waals surface area contributed by atoms with Crippen molar-refractivity contribution >= 4 is 29.1 Å². The molecule has 0 saturated carbocycles. The van der Waals surface area contributed by atoms with Crippen LogP contribution in [-0.2, 0) is 4.79 Å². The van der Waals surface area contributed by atoms with Crippen LogP contribution in [0.3, 0.4) is 0 Å². The number of halogens is 2. The molecule has 0 radical (unpaired) electrons. The van der Waals surface area contributed by atoms with Crippen LogP contribution in [0.5, 0.6) is 5.75 Å². The molecule has 0 spiro atoms. The first-order valence-corrected chi connectivity index (χ1v) is 7.87. The lowest BCUT2D eigenvalue weighted by molar-refractivity contribution is -0.137. The summed E-state index contributed by atoms with van der Waals surface area (Å²) < 4.78 is 5.92. The SMILES string of the molecule is CC(CN)C(=O)N1CCCC(Oc2ccc(Cl)c(Cl)c2)C1. The van der Waals surface area contributed by atoms with Gasteiger partial charge < -0.3 is 15.4 Å². The number of rotatable bonds is 4. The molecule has 4 nitrogen and oxygen atoms in total. The van der Waals surface area contributed by atoms with Crippen molar-refractivity contribution < 1.29 is 9.53 Å². The molecule has 2 N–H and O–H groups in total. The molecule has 1 fully saturated rings. The van der Waals surface area contributed by atoms with Gasteiger partial charge in [0.2, 0.25) is 5.91 Å². The summed E-state index contributed by atoms with van der Waals surface area (Å²) in [5.41, 5.74) is 5.56. The lowest BCUT2D eigenvalue weighted by Gasteiger charge is -2.34. The second-order valence-electron chi connectivity index (χ2n) is 5.38. The highest BCUT2D eigenvalue weighted by atomic mass is 35.5. The molecule has 2 atom stereocenters. The second kappa shape index (κ2) is 7.34. The number of benzene rings is 1. The molecule has 1 aliphatic heterocycles. The number of hydrogen-bond acceptors (Lipinski definition) is 3. The first kappa shape index (κ1) is 16.4.